The van der Waals surface area contributed by atoms with Crippen molar-refractivity contribution in [3.05, 3.63) is 17.5 Å². The summed E-state index contributed by atoms with van der Waals surface area (Å²) in [5.41, 5.74) is 0. The lowest BCUT2D eigenvalue weighted by atomic mass is 10.1. The minimum atomic E-state index is 0.0127. The van der Waals surface area contributed by atoms with E-state index in [4.69, 9.17) is 0 Å². The molecule has 2 N–H and O–H groups in total. The smallest absolute Gasteiger partial charge is 0.230 e. The molecule has 5 nitrogen and oxygen atoms in total. The molecule has 1 amide bonds. The first-order chi connectivity index (χ1) is 9.56. The summed E-state index contributed by atoms with van der Waals surface area (Å²) >= 11 is 2.94. The molecule has 108 valence electrons. The molecule has 2 aromatic rings. The van der Waals surface area contributed by atoms with Crippen LogP contribution in [0.4, 0.5) is 0 Å². The molecular formula is C13H18N4OS2. The van der Waals surface area contributed by atoms with Crippen molar-refractivity contribution in [2.24, 2.45) is 5.92 Å². The molecule has 0 spiro atoms. The van der Waals surface area contributed by atoms with Gasteiger partial charge in [0.2, 0.25) is 11.1 Å². The van der Waals surface area contributed by atoms with E-state index in [1.807, 2.05) is 24.4 Å². The van der Waals surface area contributed by atoms with E-state index >= 15 is 0 Å². The lowest BCUT2D eigenvalue weighted by Gasteiger charge is -2.16. The normalized spacial score (nSPS) is 12.6. The average Bonchev–Trinajstić information content (AvgIpc) is 3.07. The van der Waals surface area contributed by atoms with E-state index in [1.54, 1.807) is 11.3 Å². The average molecular weight is 310 g/mol. The maximum Gasteiger partial charge on any atom is 0.230 e. The largest absolute Gasteiger partial charge is 0.353 e. The molecule has 0 aromatic carbocycles. The number of carbonyl (C=O) groups excluding carboxylic acids is 1. The van der Waals surface area contributed by atoms with E-state index in [1.165, 1.54) is 11.8 Å². The third kappa shape index (κ3) is 4.08. The summed E-state index contributed by atoms with van der Waals surface area (Å²) in [6.07, 6.45) is 0. The van der Waals surface area contributed by atoms with Crippen LogP contribution in [0.25, 0.3) is 10.7 Å². The van der Waals surface area contributed by atoms with Crippen LogP contribution in [0, 0.1) is 5.92 Å². The number of aromatic nitrogens is 3. The molecule has 0 fully saturated rings. The van der Waals surface area contributed by atoms with Gasteiger partial charge in [0.25, 0.3) is 0 Å². The highest BCUT2D eigenvalue weighted by molar-refractivity contribution is 7.99. The predicted molar refractivity (Wildman–Crippen MR) is 82.9 cm³/mol. The van der Waals surface area contributed by atoms with Gasteiger partial charge in [-0.15, -0.1) is 16.4 Å². The maximum absolute atomic E-state index is 11.8. The van der Waals surface area contributed by atoms with E-state index in [9.17, 15) is 4.79 Å². The zero-order chi connectivity index (χ0) is 14.5. The number of nitrogens with zero attached hydrogens (tertiary/aromatic N) is 2. The zero-order valence-corrected chi connectivity index (χ0v) is 13.3. The minimum absolute atomic E-state index is 0.0127. The molecule has 1 atom stereocenters. The van der Waals surface area contributed by atoms with Crippen molar-refractivity contribution in [2.45, 2.75) is 32.0 Å². The van der Waals surface area contributed by atoms with E-state index in [-0.39, 0.29) is 11.9 Å². The van der Waals surface area contributed by atoms with Gasteiger partial charge in [-0.3, -0.25) is 9.89 Å². The Hall–Kier alpha value is -1.34. The molecule has 0 aliphatic rings. The molecule has 0 saturated heterocycles. The van der Waals surface area contributed by atoms with Gasteiger partial charge in [0.15, 0.2) is 5.82 Å². The van der Waals surface area contributed by atoms with Crippen LogP contribution in [0.3, 0.4) is 0 Å². The molecule has 0 aliphatic heterocycles. The Balaban J connectivity index is 1.84. The molecule has 0 aliphatic carbocycles. The molecule has 2 aromatic heterocycles. The van der Waals surface area contributed by atoms with E-state index in [0.29, 0.717) is 16.8 Å². The highest BCUT2D eigenvalue weighted by atomic mass is 32.2. The van der Waals surface area contributed by atoms with Gasteiger partial charge >= 0.3 is 0 Å². The number of hydrogen-bond acceptors (Lipinski definition) is 5. The monoisotopic (exact) mass is 310 g/mol. The fraction of sp³-hybridized carbons (Fsp3) is 0.462. The minimum Gasteiger partial charge on any atom is -0.353 e. The summed E-state index contributed by atoms with van der Waals surface area (Å²) in [4.78, 5) is 17.2. The molecule has 0 unspecified atom stereocenters. The topological polar surface area (TPSA) is 70.7 Å². The van der Waals surface area contributed by atoms with Crippen molar-refractivity contribution in [1.29, 1.82) is 0 Å². The van der Waals surface area contributed by atoms with Crippen LogP contribution in [0.1, 0.15) is 20.8 Å². The van der Waals surface area contributed by atoms with Crippen LogP contribution in [-0.4, -0.2) is 32.9 Å². The molecular weight excluding hydrogens is 292 g/mol. The van der Waals surface area contributed by atoms with Gasteiger partial charge in [-0.25, -0.2) is 4.98 Å². The number of nitrogens with one attached hydrogen (secondary N) is 2. The molecule has 2 rings (SSSR count). The van der Waals surface area contributed by atoms with Crippen LogP contribution in [-0.2, 0) is 4.79 Å². The number of thiophene rings is 1. The number of aromatic amines is 1. The van der Waals surface area contributed by atoms with Gasteiger partial charge in [0.1, 0.15) is 0 Å². The zero-order valence-electron chi connectivity index (χ0n) is 11.7. The van der Waals surface area contributed by atoms with Gasteiger partial charge in [0, 0.05) is 6.04 Å². The fourth-order valence-corrected chi connectivity index (χ4v) is 2.70. The second-order valence-corrected chi connectivity index (χ2v) is 6.72. The summed E-state index contributed by atoms with van der Waals surface area (Å²) in [6, 6.07) is 4.13. The lowest BCUT2D eigenvalue weighted by molar-refractivity contribution is -0.119. The van der Waals surface area contributed by atoms with E-state index < -0.39 is 0 Å². The maximum atomic E-state index is 11.8. The fourth-order valence-electron chi connectivity index (χ4n) is 1.43. The number of H-pyrrole nitrogens is 1. The Morgan fingerprint density at radius 1 is 1.50 bits per heavy atom. The molecule has 0 radical (unpaired) electrons. The summed E-state index contributed by atoms with van der Waals surface area (Å²) in [5.74, 6) is 1.52. The predicted octanol–water partition coefficient (Wildman–Crippen LogP) is 2.79. The van der Waals surface area contributed by atoms with Crippen LogP contribution in [0.5, 0.6) is 0 Å². The third-order valence-corrected chi connectivity index (χ3v) is 4.66. The standard InChI is InChI=1S/C13H18N4OS2/c1-8(2)9(3)14-11(18)7-20-13-15-12(16-17-13)10-5-4-6-19-10/h4-6,8-9H,7H2,1-3H3,(H,14,18)(H,15,16,17)/t9-/m1/s1. The van der Waals surface area contributed by atoms with Crippen molar-refractivity contribution in [3.8, 4) is 10.7 Å². The SMILES string of the molecule is CC(C)[C@@H](C)NC(=O)CSc1n[nH]c(-c2cccs2)n1. The second-order valence-electron chi connectivity index (χ2n) is 4.83. The number of rotatable bonds is 6. The van der Waals surface area contributed by atoms with Gasteiger partial charge in [-0.2, -0.15) is 0 Å². The Morgan fingerprint density at radius 3 is 2.95 bits per heavy atom. The molecule has 0 saturated carbocycles. The third-order valence-electron chi connectivity index (χ3n) is 2.94. The molecule has 20 heavy (non-hydrogen) atoms. The van der Waals surface area contributed by atoms with Gasteiger partial charge < -0.3 is 5.32 Å². The number of hydrogen-bond donors (Lipinski definition) is 2. The number of amides is 1. The summed E-state index contributed by atoms with van der Waals surface area (Å²) in [6.45, 7) is 6.18. The molecule has 7 heteroatoms. The first-order valence-electron chi connectivity index (χ1n) is 6.44. The van der Waals surface area contributed by atoms with Crippen LogP contribution in [0.2, 0.25) is 0 Å². The van der Waals surface area contributed by atoms with Gasteiger partial charge in [0.05, 0.1) is 10.6 Å². The van der Waals surface area contributed by atoms with Crippen LogP contribution in [0.15, 0.2) is 22.7 Å². The summed E-state index contributed by atoms with van der Waals surface area (Å²) < 4.78 is 0. The summed E-state index contributed by atoms with van der Waals surface area (Å²) in [7, 11) is 0. The summed E-state index contributed by atoms with van der Waals surface area (Å²) in [5, 5.41) is 12.5. The Bertz CT molecular complexity index is 550. The molecule has 2 heterocycles. The van der Waals surface area contributed by atoms with Crippen molar-refractivity contribution >= 4 is 29.0 Å². The Labute approximate surface area is 126 Å². The van der Waals surface area contributed by atoms with Gasteiger partial charge in [-0.05, 0) is 24.3 Å². The van der Waals surface area contributed by atoms with Gasteiger partial charge in [-0.1, -0.05) is 31.7 Å². The van der Waals surface area contributed by atoms with Crippen molar-refractivity contribution in [3.63, 3.8) is 0 Å². The highest BCUT2D eigenvalue weighted by Gasteiger charge is 2.13. The quantitative estimate of drug-likeness (QED) is 0.805. The second kappa shape index (κ2) is 6.90. The first kappa shape index (κ1) is 15.1. The van der Waals surface area contributed by atoms with E-state index in [0.717, 1.165) is 10.7 Å². The first-order valence-corrected chi connectivity index (χ1v) is 8.31. The Morgan fingerprint density at radius 2 is 2.30 bits per heavy atom. The van der Waals surface area contributed by atoms with Crippen LogP contribution < -0.4 is 5.32 Å². The van der Waals surface area contributed by atoms with E-state index in [2.05, 4.69) is 34.3 Å². The lowest BCUT2D eigenvalue weighted by Crippen LogP contribution is -2.37. The number of thioether (sulfide) groups is 1. The Kier molecular flexibility index (Phi) is 5.19. The van der Waals surface area contributed by atoms with Crippen molar-refractivity contribution < 1.29 is 4.79 Å². The number of carbonyl (C=O) groups is 1. The van der Waals surface area contributed by atoms with Crippen molar-refractivity contribution in [1.82, 2.24) is 20.5 Å². The van der Waals surface area contributed by atoms with Crippen molar-refractivity contribution in [2.75, 3.05) is 5.75 Å². The van der Waals surface area contributed by atoms with Crippen LogP contribution >= 0.6 is 23.1 Å². The highest BCUT2D eigenvalue weighted by Crippen LogP contribution is 2.23. The molecule has 0 bridgehead atoms.